The summed E-state index contributed by atoms with van der Waals surface area (Å²) in [6, 6.07) is 4.91. The van der Waals surface area contributed by atoms with Crippen LogP contribution in [0.25, 0.3) is 0 Å². The van der Waals surface area contributed by atoms with E-state index in [2.05, 4.69) is 4.90 Å². The second kappa shape index (κ2) is 6.15. The Bertz CT molecular complexity index is 455. The van der Waals surface area contributed by atoms with Crippen LogP contribution in [-0.2, 0) is 4.79 Å². The quantitative estimate of drug-likeness (QED) is 0.837. The molecule has 2 rings (SSSR count). The zero-order valence-corrected chi connectivity index (χ0v) is 11.7. The smallest absolute Gasteiger partial charge is 0.240 e. The number of carbonyl (C=O) groups excluding carboxylic acids is 1. The van der Waals surface area contributed by atoms with Crippen LogP contribution in [0.2, 0.25) is 0 Å². The zero-order chi connectivity index (χ0) is 13.8. The second-order valence-electron chi connectivity index (χ2n) is 5.22. The van der Waals surface area contributed by atoms with Gasteiger partial charge in [-0.3, -0.25) is 9.69 Å². The fraction of sp³-hybridized carbons (Fsp3) is 0.533. The van der Waals surface area contributed by atoms with Gasteiger partial charge in [0, 0.05) is 12.7 Å². The largest absolute Gasteiger partial charge is 0.314 e. The first-order chi connectivity index (χ1) is 9.08. The van der Waals surface area contributed by atoms with Crippen LogP contribution in [0, 0.1) is 12.7 Å². The number of rotatable bonds is 3. The van der Waals surface area contributed by atoms with Gasteiger partial charge in [0.15, 0.2) is 0 Å². The van der Waals surface area contributed by atoms with Gasteiger partial charge < -0.3 is 4.90 Å². The second-order valence-corrected chi connectivity index (χ2v) is 5.22. The summed E-state index contributed by atoms with van der Waals surface area (Å²) in [7, 11) is 1.70. The third-order valence-corrected chi connectivity index (χ3v) is 3.72. The first-order valence-electron chi connectivity index (χ1n) is 6.83. The van der Waals surface area contributed by atoms with Crippen LogP contribution in [0.4, 0.5) is 10.1 Å². The molecule has 104 valence electrons. The normalized spacial score (nSPS) is 16.4. The molecule has 0 radical (unpaired) electrons. The summed E-state index contributed by atoms with van der Waals surface area (Å²) in [6.07, 6.45) is 3.58. The molecule has 19 heavy (non-hydrogen) atoms. The number of anilines is 1. The third-order valence-electron chi connectivity index (χ3n) is 3.72. The van der Waals surface area contributed by atoms with E-state index in [9.17, 15) is 9.18 Å². The van der Waals surface area contributed by atoms with Crippen molar-refractivity contribution in [3.8, 4) is 0 Å². The molecule has 1 aliphatic heterocycles. The SMILES string of the molecule is Cc1ccc(N(C)C(=O)CN2CCCCC2)cc1F. The fourth-order valence-electron chi connectivity index (χ4n) is 2.35. The Morgan fingerprint density at radius 1 is 1.32 bits per heavy atom. The highest BCUT2D eigenvalue weighted by Gasteiger charge is 2.18. The predicted molar refractivity (Wildman–Crippen MR) is 74.8 cm³/mol. The summed E-state index contributed by atoms with van der Waals surface area (Å²) in [5.41, 5.74) is 1.21. The van der Waals surface area contributed by atoms with Crippen molar-refractivity contribution in [2.45, 2.75) is 26.2 Å². The Morgan fingerprint density at radius 3 is 2.63 bits per heavy atom. The van der Waals surface area contributed by atoms with E-state index in [-0.39, 0.29) is 11.7 Å². The number of piperidine rings is 1. The first kappa shape index (κ1) is 14.0. The molecule has 1 aliphatic rings. The van der Waals surface area contributed by atoms with Gasteiger partial charge in [-0.1, -0.05) is 12.5 Å². The van der Waals surface area contributed by atoms with Crippen LogP contribution >= 0.6 is 0 Å². The highest BCUT2D eigenvalue weighted by atomic mass is 19.1. The number of hydrogen-bond acceptors (Lipinski definition) is 2. The number of aryl methyl sites for hydroxylation is 1. The Balaban J connectivity index is 1.99. The van der Waals surface area contributed by atoms with Crippen LogP contribution in [0.1, 0.15) is 24.8 Å². The van der Waals surface area contributed by atoms with Crippen molar-refractivity contribution in [1.29, 1.82) is 0 Å². The van der Waals surface area contributed by atoms with Crippen molar-refractivity contribution < 1.29 is 9.18 Å². The molecule has 4 heteroatoms. The van der Waals surface area contributed by atoms with Gasteiger partial charge in [-0.25, -0.2) is 4.39 Å². The lowest BCUT2D eigenvalue weighted by Crippen LogP contribution is -2.40. The molecule has 1 aromatic carbocycles. The van der Waals surface area contributed by atoms with Gasteiger partial charge in [-0.05, 0) is 50.6 Å². The van der Waals surface area contributed by atoms with Crippen molar-refractivity contribution in [3.05, 3.63) is 29.6 Å². The average molecular weight is 264 g/mol. The highest BCUT2D eigenvalue weighted by molar-refractivity contribution is 5.94. The van der Waals surface area contributed by atoms with Crippen molar-refractivity contribution in [2.24, 2.45) is 0 Å². The number of hydrogen-bond donors (Lipinski definition) is 0. The highest BCUT2D eigenvalue weighted by Crippen LogP contribution is 2.18. The number of benzene rings is 1. The van der Waals surface area contributed by atoms with Crippen LogP contribution < -0.4 is 4.90 Å². The van der Waals surface area contributed by atoms with Gasteiger partial charge in [0.1, 0.15) is 5.82 Å². The monoisotopic (exact) mass is 264 g/mol. The van der Waals surface area contributed by atoms with E-state index in [1.807, 2.05) is 0 Å². The Kier molecular flexibility index (Phi) is 4.53. The van der Waals surface area contributed by atoms with Crippen molar-refractivity contribution in [1.82, 2.24) is 4.90 Å². The minimum absolute atomic E-state index is 0.0187. The maximum absolute atomic E-state index is 13.5. The molecule has 0 atom stereocenters. The lowest BCUT2D eigenvalue weighted by molar-refractivity contribution is -0.119. The van der Waals surface area contributed by atoms with Crippen molar-refractivity contribution in [3.63, 3.8) is 0 Å². The molecular formula is C15H21FN2O. The summed E-state index contributed by atoms with van der Waals surface area (Å²) in [6.45, 7) is 4.12. The summed E-state index contributed by atoms with van der Waals surface area (Å²) in [4.78, 5) is 15.9. The number of halogens is 1. The Morgan fingerprint density at radius 2 is 2.00 bits per heavy atom. The van der Waals surface area contributed by atoms with E-state index in [4.69, 9.17) is 0 Å². The topological polar surface area (TPSA) is 23.6 Å². The van der Waals surface area contributed by atoms with Crippen LogP contribution in [-0.4, -0.2) is 37.5 Å². The maximum Gasteiger partial charge on any atom is 0.240 e. The van der Waals surface area contributed by atoms with E-state index in [0.717, 1.165) is 25.9 Å². The molecule has 1 fully saturated rings. The fourth-order valence-corrected chi connectivity index (χ4v) is 2.35. The summed E-state index contributed by atoms with van der Waals surface area (Å²) in [5.74, 6) is -0.250. The van der Waals surface area contributed by atoms with Crippen molar-refractivity contribution in [2.75, 3.05) is 31.6 Å². The summed E-state index contributed by atoms with van der Waals surface area (Å²) in [5, 5.41) is 0. The zero-order valence-electron chi connectivity index (χ0n) is 11.7. The number of likely N-dealkylation sites (N-methyl/N-ethyl adjacent to an activating group) is 1. The number of nitrogens with zero attached hydrogens (tertiary/aromatic N) is 2. The molecule has 0 saturated carbocycles. The van der Waals surface area contributed by atoms with Crippen LogP contribution in [0.3, 0.4) is 0 Å². The standard InChI is InChI=1S/C15H21FN2O/c1-12-6-7-13(10-14(12)16)17(2)15(19)11-18-8-4-3-5-9-18/h6-7,10H,3-5,8-9,11H2,1-2H3. The molecule has 0 bridgehead atoms. The first-order valence-corrected chi connectivity index (χ1v) is 6.83. The molecule has 1 heterocycles. The van der Waals surface area contributed by atoms with Crippen LogP contribution in [0.15, 0.2) is 18.2 Å². The molecular weight excluding hydrogens is 243 g/mol. The average Bonchev–Trinajstić information content (AvgIpc) is 2.42. The maximum atomic E-state index is 13.5. The van der Waals surface area contributed by atoms with Crippen LogP contribution in [0.5, 0.6) is 0 Å². The number of carbonyl (C=O) groups is 1. The Labute approximate surface area is 114 Å². The van der Waals surface area contributed by atoms with Gasteiger partial charge in [-0.15, -0.1) is 0 Å². The lowest BCUT2D eigenvalue weighted by Gasteiger charge is -2.28. The molecule has 0 aliphatic carbocycles. The summed E-state index contributed by atoms with van der Waals surface area (Å²) >= 11 is 0. The van der Waals surface area contributed by atoms with Gasteiger partial charge in [0.05, 0.1) is 6.54 Å². The van der Waals surface area contributed by atoms with Gasteiger partial charge >= 0.3 is 0 Å². The summed E-state index contributed by atoms with van der Waals surface area (Å²) < 4.78 is 13.5. The lowest BCUT2D eigenvalue weighted by atomic mass is 10.1. The minimum Gasteiger partial charge on any atom is -0.314 e. The molecule has 0 N–H and O–H groups in total. The van der Waals surface area contributed by atoms with E-state index in [1.165, 1.54) is 17.4 Å². The van der Waals surface area contributed by atoms with E-state index < -0.39 is 0 Å². The van der Waals surface area contributed by atoms with Crippen molar-refractivity contribution >= 4 is 11.6 Å². The van der Waals surface area contributed by atoms with Gasteiger partial charge in [0.25, 0.3) is 0 Å². The molecule has 0 aromatic heterocycles. The number of amides is 1. The molecule has 1 saturated heterocycles. The van der Waals surface area contributed by atoms with Gasteiger partial charge in [0.2, 0.25) is 5.91 Å². The minimum atomic E-state index is -0.268. The van der Waals surface area contributed by atoms with Gasteiger partial charge in [-0.2, -0.15) is 0 Å². The molecule has 3 nitrogen and oxygen atoms in total. The Hall–Kier alpha value is -1.42. The van der Waals surface area contributed by atoms with E-state index in [0.29, 0.717) is 17.8 Å². The van der Waals surface area contributed by atoms with E-state index in [1.54, 1.807) is 26.1 Å². The molecule has 0 spiro atoms. The molecule has 1 amide bonds. The van der Waals surface area contributed by atoms with E-state index >= 15 is 0 Å². The predicted octanol–water partition coefficient (Wildman–Crippen LogP) is 2.58. The molecule has 0 unspecified atom stereocenters. The number of likely N-dealkylation sites (tertiary alicyclic amines) is 1. The molecule has 1 aromatic rings. The third kappa shape index (κ3) is 3.53.